The van der Waals surface area contributed by atoms with Gasteiger partial charge in [0, 0.05) is 12.4 Å². The molecule has 4 nitrogen and oxygen atoms in total. The minimum absolute atomic E-state index is 0.303. The van der Waals surface area contributed by atoms with E-state index in [1.165, 1.54) is 34.0 Å². The molecule has 4 heteroatoms. The Hall–Kier alpha value is -3.53. The highest BCUT2D eigenvalue weighted by atomic mass is 16.3. The van der Waals surface area contributed by atoms with E-state index >= 15 is 0 Å². The minimum atomic E-state index is -0.480. The summed E-state index contributed by atoms with van der Waals surface area (Å²) in [5.74, 6) is -1.09. The van der Waals surface area contributed by atoms with E-state index < -0.39 is 5.75 Å². The van der Waals surface area contributed by atoms with E-state index in [0.29, 0.717) is 6.42 Å². The quantitative estimate of drug-likeness (QED) is 0.412. The molecule has 0 saturated carbocycles. The van der Waals surface area contributed by atoms with Crippen LogP contribution in [0.15, 0.2) is 73.1 Å². The molecule has 3 N–H and O–H groups in total. The molecule has 29 heavy (non-hydrogen) atoms. The summed E-state index contributed by atoms with van der Waals surface area (Å²) >= 11 is 0. The molecular weight excluding hydrogens is 362 g/mol. The van der Waals surface area contributed by atoms with Crippen LogP contribution in [-0.2, 0) is 25.7 Å². The molecule has 0 saturated heterocycles. The molecule has 4 rings (SSSR count). The first kappa shape index (κ1) is 18.8. The molecule has 0 fully saturated rings. The predicted molar refractivity (Wildman–Crippen MR) is 114 cm³/mol. The summed E-state index contributed by atoms with van der Waals surface area (Å²) in [5, 5.41) is 31.3. The van der Waals surface area contributed by atoms with Crippen LogP contribution in [0.3, 0.4) is 0 Å². The largest absolute Gasteiger partial charge is 0.504 e. The number of pyridine rings is 1. The van der Waals surface area contributed by atoms with Gasteiger partial charge in [0.15, 0.2) is 17.2 Å². The van der Waals surface area contributed by atoms with Crippen LogP contribution in [0, 0.1) is 0 Å². The fraction of sp³-hybridized carbons (Fsp3) is 0.160. The summed E-state index contributed by atoms with van der Waals surface area (Å²) in [6.45, 7) is 0. The number of hydrogen-bond donors (Lipinski definition) is 3. The van der Waals surface area contributed by atoms with Crippen LogP contribution in [0.5, 0.6) is 17.2 Å². The van der Waals surface area contributed by atoms with Crippen LogP contribution in [0.4, 0.5) is 0 Å². The zero-order valence-corrected chi connectivity index (χ0v) is 16.0. The molecule has 0 radical (unpaired) electrons. The lowest BCUT2D eigenvalue weighted by Crippen LogP contribution is -1.97. The lowest BCUT2D eigenvalue weighted by Gasteiger charge is -2.08. The third-order valence-corrected chi connectivity index (χ3v) is 5.20. The van der Waals surface area contributed by atoms with Gasteiger partial charge in [-0.25, -0.2) is 0 Å². The van der Waals surface area contributed by atoms with E-state index in [4.69, 9.17) is 0 Å². The maximum Gasteiger partial charge on any atom is 0.200 e. The van der Waals surface area contributed by atoms with Crippen molar-refractivity contribution in [3.8, 4) is 17.2 Å². The zero-order chi connectivity index (χ0) is 20.2. The van der Waals surface area contributed by atoms with Gasteiger partial charge in [0.2, 0.25) is 0 Å². The Morgan fingerprint density at radius 1 is 0.552 bits per heavy atom. The molecule has 1 heterocycles. The zero-order valence-electron chi connectivity index (χ0n) is 16.0. The normalized spacial score (nSPS) is 11.0. The summed E-state index contributed by atoms with van der Waals surface area (Å²) in [7, 11) is 0. The van der Waals surface area contributed by atoms with E-state index in [9.17, 15) is 15.3 Å². The van der Waals surface area contributed by atoms with E-state index in [0.717, 1.165) is 30.4 Å². The Bertz CT molecular complexity index is 1130. The van der Waals surface area contributed by atoms with Gasteiger partial charge in [-0.15, -0.1) is 0 Å². The molecule has 0 aliphatic heterocycles. The van der Waals surface area contributed by atoms with Crippen molar-refractivity contribution in [1.82, 2.24) is 4.98 Å². The second-order valence-electron chi connectivity index (χ2n) is 7.37. The minimum Gasteiger partial charge on any atom is -0.504 e. The van der Waals surface area contributed by atoms with E-state index in [2.05, 4.69) is 53.5 Å². The Morgan fingerprint density at radius 3 is 1.83 bits per heavy atom. The summed E-state index contributed by atoms with van der Waals surface area (Å²) in [6.07, 6.45) is 7.00. The number of hydrogen-bond acceptors (Lipinski definition) is 4. The average Bonchev–Trinajstić information content (AvgIpc) is 2.74. The highest BCUT2D eigenvalue weighted by molar-refractivity contribution is 5.83. The van der Waals surface area contributed by atoms with Crippen molar-refractivity contribution in [2.75, 3.05) is 0 Å². The van der Waals surface area contributed by atoms with Crippen molar-refractivity contribution < 1.29 is 15.3 Å². The molecule has 0 unspecified atom stereocenters. The van der Waals surface area contributed by atoms with Gasteiger partial charge >= 0.3 is 0 Å². The second-order valence-corrected chi connectivity index (χ2v) is 7.37. The van der Waals surface area contributed by atoms with Crippen LogP contribution in [-0.4, -0.2) is 20.3 Å². The molecular formula is C25H23NO3. The number of aromatic hydroxyl groups is 3. The molecule has 146 valence electrons. The van der Waals surface area contributed by atoms with E-state index in [-0.39, 0.29) is 11.5 Å². The monoisotopic (exact) mass is 385 g/mol. The first-order valence-corrected chi connectivity index (χ1v) is 9.73. The molecule has 0 bridgehead atoms. The van der Waals surface area contributed by atoms with E-state index in [1.54, 1.807) is 0 Å². The number of aryl methyl sites for hydroxylation is 4. The maximum absolute atomic E-state index is 9.64. The second kappa shape index (κ2) is 8.23. The first-order valence-electron chi connectivity index (χ1n) is 9.73. The topological polar surface area (TPSA) is 73.6 Å². The highest BCUT2D eigenvalue weighted by Crippen LogP contribution is 2.35. The highest BCUT2D eigenvalue weighted by Gasteiger charge is 2.08. The Morgan fingerprint density at radius 2 is 1.14 bits per heavy atom. The third-order valence-electron chi connectivity index (χ3n) is 5.20. The van der Waals surface area contributed by atoms with Crippen LogP contribution >= 0.6 is 0 Å². The molecule has 0 amide bonds. The van der Waals surface area contributed by atoms with Gasteiger partial charge < -0.3 is 15.3 Å². The van der Waals surface area contributed by atoms with Crippen LogP contribution in [0.2, 0.25) is 0 Å². The van der Waals surface area contributed by atoms with Crippen molar-refractivity contribution in [2.45, 2.75) is 25.7 Å². The number of nitrogens with zero attached hydrogens (tertiary/aromatic N) is 1. The summed E-state index contributed by atoms with van der Waals surface area (Å²) < 4.78 is 0. The van der Waals surface area contributed by atoms with Crippen molar-refractivity contribution in [3.05, 3.63) is 95.3 Å². The fourth-order valence-electron chi connectivity index (χ4n) is 3.59. The summed E-state index contributed by atoms with van der Waals surface area (Å²) in [5.41, 5.74) is 4.36. The number of fused-ring (bicyclic) bond motifs is 1. The smallest absolute Gasteiger partial charge is 0.200 e. The molecule has 0 aliphatic rings. The fourth-order valence-corrected chi connectivity index (χ4v) is 3.59. The Balaban J connectivity index is 1.40. The van der Waals surface area contributed by atoms with E-state index in [1.807, 2.05) is 12.4 Å². The lowest BCUT2D eigenvalue weighted by atomic mass is 10.00. The standard InChI is InChI=1S/C25H23NO3/c27-23-13-18(14-24(28)25(23)29)6-8-20-11-19(15-26-16-20)7-5-17-9-10-21-3-1-2-4-22(21)12-17/h1-4,9-16,27-29H,5-8H2. The molecule has 1 aromatic heterocycles. The third kappa shape index (κ3) is 4.49. The van der Waals surface area contributed by atoms with Gasteiger partial charge in [-0.3, -0.25) is 4.98 Å². The van der Waals surface area contributed by atoms with Crippen molar-refractivity contribution in [1.29, 1.82) is 0 Å². The molecule has 0 aliphatic carbocycles. The molecule has 3 aromatic carbocycles. The molecule has 0 spiro atoms. The number of rotatable bonds is 6. The average molecular weight is 385 g/mol. The van der Waals surface area contributed by atoms with Gasteiger partial charge in [-0.05, 0) is 70.8 Å². The Labute approximate surface area is 169 Å². The predicted octanol–water partition coefficient (Wildman–Crippen LogP) is 4.92. The van der Waals surface area contributed by atoms with Crippen molar-refractivity contribution >= 4 is 10.8 Å². The Kier molecular flexibility index (Phi) is 5.34. The maximum atomic E-state index is 9.64. The molecule has 0 atom stereocenters. The van der Waals surface area contributed by atoms with Gasteiger partial charge in [0.1, 0.15) is 0 Å². The summed E-state index contributed by atoms with van der Waals surface area (Å²) in [4.78, 5) is 4.37. The number of phenols is 3. The van der Waals surface area contributed by atoms with Crippen molar-refractivity contribution in [3.63, 3.8) is 0 Å². The van der Waals surface area contributed by atoms with Gasteiger partial charge in [-0.2, -0.15) is 0 Å². The lowest BCUT2D eigenvalue weighted by molar-refractivity contribution is 0.367. The van der Waals surface area contributed by atoms with Gasteiger partial charge in [-0.1, -0.05) is 48.5 Å². The van der Waals surface area contributed by atoms with Crippen LogP contribution in [0.25, 0.3) is 10.8 Å². The van der Waals surface area contributed by atoms with Crippen molar-refractivity contribution in [2.24, 2.45) is 0 Å². The number of benzene rings is 3. The number of aromatic nitrogens is 1. The molecule has 4 aromatic rings. The van der Waals surface area contributed by atoms with Crippen LogP contribution < -0.4 is 0 Å². The SMILES string of the molecule is Oc1cc(CCc2cncc(CCc3ccc4ccccc4c3)c2)cc(O)c1O. The van der Waals surface area contributed by atoms with Crippen LogP contribution in [0.1, 0.15) is 22.3 Å². The number of phenolic OH excluding ortho intramolecular Hbond substituents is 3. The van der Waals surface area contributed by atoms with Gasteiger partial charge in [0.25, 0.3) is 0 Å². The first-order chi connectivity index (χ1) is 14.1. The summed E-state index contributed by atoms with van der Waals surface area (Å²) in [6, 6.07) is 20.1. The van der Waals surface area contributed by atoms with Gasteiger partial charge in [0.05, 0.1) is 0 Å².